The lowest BCUT2D eigenvalue weighted by Gasteiger charge is -2.11. The lowest BCUT2D eigenvalue weighted by molar-refractivity contribution is 0.112. The fourth-order valence-electron chi connectivity index (χ4n) is 1.94. The molecule has 0 heterocycles. The van der Waals surface area contributed by atoms with Gasteiger partial charge >= 0.3 is 0 Å². The zero-order valence-corrected chi connectivity index (χ0v) is 14.0. The van der Waals surface area contributed by atoms with Crippen LogP contribution in [-0.4, -0.2) is 35.0 Å². The number of aldehydes is 1. The minimum Gasteiger partial charge on any atom is -0.493 e. The summed E-state index contributed by atoms with van der Waals surface area (Å²) in [5, 5.41) is 0. The maximum atomic E-state index is 11.9. The van der Waals surface area contributed by atoms with Gasteiger partial charge in [-0.25, -0.2) is 0 Å². The second-order valence-electron chi connectivity index (χ2n) is 4.82. The molecule has 0 amide bonds. The zero-order chi connectivity index (χ0) is 17.4. The fraction of sp³-hybridized carbons (Fsp3) is 0.235. The van der Waals surface area contributed by atoms with Crippen molar-refractivity contribution in [2.24, 2.45) is 0 Å². The van der Waals surface area contributed by atoms with Gasteiger partial charge in [0.15, 0.2) is 11.5 Å². The number of hydrogen-bond donors (Lipinski definition) is 0. The average Bonchev–Trinajstić information content (AvgIpc) is 2.62. The van der Waals surface area contributed by atoms with Crippen LogP contribution in [0.5, 0.6) is 11.5 Å². The summed E-state index contributed by atoms with van der Waals surface area (Å²) in [7, 11) is -2.27. The molecule has 128 valence electrons. The van der Waals surface area contributed by atoms with Crippen LogP contribution < -0.4 is 9.47 Å². The first-order valence-corrected chi connectivity index (χ1v) is 8.68. The van der Waals surface area contributed by atoms with Crippen LogP contribution in [0.1, 0.15) is 16.8 Å². The van der Waals surface area contributed by atoms with Gasteiger partial charge in [0.05, 0.1) is 25.2 Å². The van der Waals surface area contributed by atoms with Crippen molar-refractivity contribution in [3.05, 3.63) is 54.1 Å². The van der Waals surface area contributed by atoms with Crippen LogP contribution in [0.15, 0.2) is 53.4 Å². The maximum absolute atomic E-state index is 11.9. The Morgan fingerprint density at radius 2 is 1.75 bits per heavy atom. The molecule has 0 spiro atoms. The standard InChI is InChI=1S/C17H18O6S/c1-21-17-12-14(13-18)8-9-16(17)22-10-5-11-23-24(19,20)15-6-3-2-4-7-15/h2-4,6-9,12-13H,5,10-11H2,1H3. The molecule has 0 atom stereocenters. The van der Waals surface area contributed by atoms with Crippen LogP contribution in [0.3, 0.4) is 0 Å². The van der Waals surface area contributed by atoms with E-state index in [0.29, 0.717) is 29.8 Å². The number of benzene rings is 2. The number of carbonyl (C=O) groups excluding carboxylic acids is 1. The molecule has 0 N–H and O–H groups in total. The molecule has 2 aromatic carbocycles. The Hall–Kier alpha value is -2.38. The zero-order valence-electron chi connectivity index (χ0n) is 13.2. The third-order valence-electron chi connectivity index (χ3n) is 3.14. The highest BCUT2D eigenvalue weighted by Crippen LogP contribution is 2.27. The Morgan fingerprint density at radius 3 is 2.42 bits per heavy atom. The summed E-state index contributed by atoms with van der Waals surface area (Å²) >= 11 is 0. The maximum Gasteiger partial charge on any atom is 0.296 e. The third-order valence-corrected chi connectivity index (χ3v) is 4.47. The molecule has 6 nitrogen and oxygen atoms in total. The van der Waals surface area contributed by atoms with E-state index < -0.39 is 10.1 Å². The molecule has 24 heavy (non-hydrogen) atoms. The van der Waals surface area contributed by atoms with Gasteiger partial charge in [0.2, 0.25) is 0 Å². The number of rotatable bonds is 9. The van der Waals surface area contributed by atoms with Gasteiger partial charge in [-0.2, -0.15) is 8.42 Å². The van der Waals surface area contributed by atoms with Crippen molar-refractivity contribution in [2.45, 2.75) is 11.3 Å². The number of ether oxygens (including phenoxy) is 2. The lowest BCUT2D eigenvalue weighted by Crippen LogP contribution is -2.10. The Balaban J connectivity index is 1.82. The summed E-state index contributed by atoms with van der Waals surface area (Å²) in [5.41, 5.74) is 0.483. The van der Waals surface area contributed by atoms with E-state index in [1.54, 1.807) is 36.4 Å². The highest BCUT2D eigenvalue weighted by molar-refractivity contribution is 7.86. The number of hydrogen-bond acceptors (Lipinski definition) is 6. The Kier molecular flexibility index (Phi) is 6.34. The van der Waals surface area contributed by atoms with Crippen molar-refractivity contribution >= 4 is 16.4 Å². The van der Waals surface area contributed by atoms with Gasteiger partial charge in [-0.1, -0.05) is 18.2 Å². The second-order valence-corrected chi connectivity index (χ2v) is 6.43. The smallest absolute Gasteiger partial charge is 0.296 e. The highest BCUT2D eigenvalue weighted by Gasteiger charge is 2.14. The molecule has 0 saturated heterocycles. The largest absolute Gasteiger partial charge is 0.493 e. The van der Waals surface area contributed by atoms with Gasteiger partial charge in [-0.05, 0) is 30.3 Å². The molecule has 0 bridgehead atoms. The molecular formula is C17H18O6S. The molecule has 0 fully saturated rings. The molecule has 0 saturated carbocycles. The van der Waals surface area contributed by atoms with Crippen LogP contribution in [0.2, 0.25) is 0 Å². The van der Waals surface area contributed by atoms with Crippen molar-refractivity contribution < 1.29 is 26.9 Å². The van der Waals surface area contributed by atoms with Crippen LogP contribution >= 0.6 is 0 Å². The predicted molar refractivity (Wildman–Crippen MR) is 88.1 cm³/mol. The van der Waals surface area contributed by atoms with Crippen molar-refractivity contribution in [2.75, 3.05) is 20.3 Å². The number of methoxy groups -OCH3 is 1. The monoisotopic (exact) mass is 350 g/mol. The summed E-state index contributed by atoms with van der Waals surface area (Å²) in [5.74, 6) is 0.923. The quantitative estimate of drug-likeness (QED) is 0.393. The van der Waals surface area contributed by atoms with Crippen molar-refractivity contribution in [3.63, 3.8) is 0 Å². The van der Waals surface area contributed by atoms with Crippen LogP contribution in [-0.2, 0) is 14.3 Å². The molecular weight excluding hydrogens is 332 g/mol. The number of carbonyl (C=O) groups is 1. The molecule has 0 aliphatic rings. The molecule has 0 unspecified atom stereocenters. The SMILES string of the molecule is COc1cc(C=O)ccc1OCCCOS(=O)(=O)c1ccccc1. The highest BCUT2D eigenvalue weighted by atomic mass is 32.2. The normalized spacial score (nSPS) is 11.0. The van der Waals surface area contributed by atoms with E-state index in [4.69, 9.17) is 13.7 Å². The van der Waals surface area contributed by atoms with Crippen molar-refractivity contribution in [3.8, 4) is 11.5 Å². The van der Waals surface area contributed by atoms with E-state index in [2.05, 4.69) is 0 Å². The van der Waals surface area contributed by atoms with E-state index in [9.17, 15) is 13.2 Å². The first-order chi connectivity index (χ1) is 11.6. The Morgan fingerprint density at radius 1 is 1.00 bits per heavy atom. The molecule has 0 radical (unpaired) electrons. The minimum absolute atomic E-state index is 0.00592. The van der Waals surface area contributed by atoms with Crippen LogP contribution in [0.4, 0.5) is 0 Å². The first kappa shape index (κ1) is 18.0. The molecule has 0 aromatic heterocycles. The Labute approximate surface area is 141 Å². The van der Waals surface area contributed by atoms with E-state index >= 15 is 0 Å². The van der Waals surface area contributed by atoms with E-state index in [0.717, 1.165) is 0 Å². The average molecular weight is 350 g/mol. The minimum atomic E-state index is -3.75. The second kappa shape index (κ2) is 8.47. The molecule has 0 aliphatic heterocycles. The molecule has 0 aliphatic carbocycles. The Bertz CT molecular complexity index is 771. The van der Waals surface area contributed by atoms with Gasteiger partial charge in [-0.3, -0.25) is 8.98 Å². The summed E-state index contributed by atoms with van der Waals surface area (Å²) in [6, 6.07) is 12.8. The molecule has 7 heteroatoms. The van der Waals surface area contributed by atoms with Crippen LogP contribution in [0.25, 0.3) is 0 Å². The topological polar surface area (TPSA) is 78.9 Å². The van der Waals surface area contributed by atoms with Crippen LogP contribution in [0, 0.1) is 0 Å². The van der Waals surface area contributed by atoms with Gasteiger partial charge < -0.3 is 9.47 Å². The van der Waals surface area contributed by atoms with E-state index in [-0.39, 0.29) is 18.1 Å². The summed E-state index contributed by atoms with van der Waals surface area (Å²) in [6.07, 6.45) is 1.10. The first-order valence-electron chi connectivity index (χ1n) is 7.27. The van der Waals surface area contributed by atoms with Crippen molar-refractivity contribution in [1.82, 2.24) is 0 Å². The van der Waals surface area contributed by atoms with Gasteiger partial charge in [-0.15, -0.1) is 0 Å². The predicted octanol–water partition coefficient (Wildman–Crippen LogP) is 2.68. The molecule has 2 rings (SSSR count). The third kappa shape index (κ3) is 4.81. The van der Waals surface area contributed by atoms with E-state index in [1.165, 1.54) is 19.2 Å². The molecule has 2 aromatic rings. The summed E-state index contributed by atoms with van der Waals surface area (Å²) < 4.78 is 39.5. The lowest BCUT2D eigenvalue weighted by atomic mass is 10.2. The van der Waals surface area contributed by atoms with Gasteiger partial charge in [0.1, 0.15) is 6.29 Å². The van der Waals surface area contributed by atoms with Gasteiger partial charge in [0.25, 0.3) is 10.1 Å². The van der Waals surface area contributed by atoms with Gasteiger partial charge in [0, 0.05) is 12.0 Å². The fourth-order valence-corrected chi connectivity index (χ4v) is 2.91. The van der Waals surface area contributed by atoms with E-state index in [1.807, 2.05) is 0 Å². The summed E-state index contributed by atoms with van der Waals surface area (Å²) in [6.45, 7) is 0.257. The van der Waals surface area contributed by atoms with Crippen molar-refractivity contribution in [1.29, 1.82) is 0 Å². The summed E-state index contributed by atoms with van der Waals surface area (Å²) in [4.78, 5) is 10.8.